The monoisotopic (exact) mass is 428 g/mol. The Balaban J connectivity index is 1.53. The van der Waals surface area contributed by atoms with Gasteiger partial charge in [-0.05, 0) is 70.3 Å². The Morgan fingerprint density at radius 2 is 1.48 bits per heavy atom. The SMILES string of the molecule is CCCCCCc1ccc2c(c1)Cc1cc(-c3ccc(OC(F)(F)F)c(F)c3)ccc1-2. The second-order valence-electron chi connectivity index (χ2n) is 8.04. The number of ether oxygens (including phenoxy) is 1. The fraction of sp³-hybridized carbons (Fsp3) is 0.308. The highest BCUT2D eigenvalue weighted by molar-refractivity contribution is 5.80. The van der Waals surface area contributed by atoms with E-state index in [0.29, 0.717) is 5.56 Å². The lowest BCUT2D eigenvalue weighted by atomic mass is 9.98. The number of fused-ring (bicyclic) bond motifs is 3. The van der Waals surface area contributed by atoms with Gasteiger partial charge in [-0.15, -0.1) is 13.2 Å². The molecular formula is C26H24F4O. The topological polar surface area (TPSA) is 9.23 Å². The molecule has 0 atom stereocenters. The first-order chi connectivity index (χ1) is 14.8. The molecule has 1 aliphatic rings. The number of benzene rings is 3. The van der Waals surface area contributed by atoms with Crippen molar-refractivity contribution in [2.24, 2.45) is 0 Å². The van der Waals surface area contributed by atoms with Gasteiger partial charge in [0.1, 0.15) is 0 Å². The molecule has 0 N–H and O–H groups in total. The number of aryl methyl sites for hydroxylation is 1. The molecule has 0 aromatic heterocycles. The molecule has 0 aliphatic heterocycles. The van der Waals surface area contributed by atoms with E-state index in [1.165, 1.54) is 48.4 Å². The largest absolute Gasteiger partial charge is 0.573 e. The van der Waals surface area contributed by atoms with Gasteiger partial charge in [-0.25, -0.2) is 4.39 Å². The summed E-state index contributed by atoms with van der Waals surface area (Å²) in [6.45, 7) is 2.21. The van der Waals surface area contributed by atoms with Crippen LogP contribution in [0.25, 0.3) is 22.3 Å². The Bertz CT molecular complexity index is 1090. The van der Waals surface area contributed by atoms with Crippen molar-refractivity contribution in [2.45, 2.75) is 51.8 Å². The highest BCUT2D eigenvalue weighted by Crippen LogP contribution is 2.39. The van der Waals surface area contributed by atoms with Crippen LogP contribution in [0.5, 0.6) is 5.75 Å². The molecular weight excluding hydrogens is 404 g/mol. The van der Waals surface area contributed by atoms with Crippen LogP contribution in [-0.4, -0.2) is 6.36 Å². The molecule has 3 aromatic carbocycles. The van der Waals surface area contributed by atoms with Crippen LogP contribution in [0.15, 0.2) is 54.6 Å². The summed E-state index contributed by atoms with van der Waals surface area (Å²) in [6, 6.07) is 16.1. The molecule has 0 unspecified atom stereocenters. The van der Waals surface area contributed by atoms with Crippen LogP contribution in [0, 0.1) is 5.82 Å². The van der Waals surface area contributed by atoms with Crippen LogP contribution in [0.1, 0.15) is 49.3 Å². The third-order valence-electron chi connectivity index (χ3n) is 5.76. The molecule has 1 nitrogen and oxygen atoms in total. The Kier molecular flexibility index (Phi) is 6.03. The lowest BCUT2D eigenvalue weighted by Gasteiger charge is -2.11. The van der Waals surface area contributed by atoms with Crippen molar-refractivity contribution in [1.29, 1.82) is 0 Å². The minimum atomic E-state index is -4.92. The van der Waals surface area contributed by atoms with E-state index in [2.05, 4.69) is 29.9 Å². The molecule has 0 bridgehead atoms. The summed E-state index contributed by atoms with van der Waals surface area (Å²) in [7, 11) is 0. The number of hydrogen-bond donors (Lipinski definition) is 0. The maximum absolute atomic E-state index is 14.1. The zero-order chi connectivity index (χ0) is 22.0. The zero-order valence-corrected chi connectivity index (χ0v) is 17.4. The quantitative estimate of drug-likeness (QED) is 0.213. The van der Waals surface area contributed by atoms with Crippen molar-refractivity contribution in [3.05, 3.63) is 77.1 Å². The van der Waals surface area contributed by atoms with Gasteiger partial charge in [0.25, 0.3) is 0 Å². The molecule has 0 heterocycles. The molecule has 0 radical (unpaired) electrons. The van der Waals surface area contributed by atoms with Gasteiger partial charge in [0, 0.05) is 0 Å². The van der Waals surface area contributed by atoms with Crippen molar-refractivity contribution >= 4 is 0 Å². The van der Waals surface area contributed by atoms with E-state index in [-0.39, 0.29) is 0 Å². The highest BCUT2D eigenvalue weighted by atomic mass is 19.4. The van der Waals surface area contributed by atoms with Crippen molar-refractivity contribution in [2.75, 3.05) is 0 Å². The van der Waals surface area contributed by atoms with E-state index in [1.807, 2.05) is 18.2 Å². The first-order valence-corrected chi connectivity index (χ1v) is 10.6. The maximum atomic E-state index is 14.1. The van der Waals surface area contributed by atoms with Crippen LogP contribution >= 0.6 is 0 Å². The Morgan fingerprint density at radius 3 is 2.19 bits per heavy atom. The summed E-state index contributed by atoms with van der Waals surface area (Å²) in [5, 5.41) is 0. The van der Waals surface area contributed by atoms with Gasteiger partial charge in [-0.1, -0.05) is 68.7 Å². The van der Waals surface area contributed by atoms with Gasteiger partial charge in [-0.2, -0.15) is 0 Å². The zero-order valence-electron chi connectivity index (χ0n) is 17.4. The van der Waals surface area contributed by atoms with E-state index >= 15 is 0 Å². The van der Waals surface area contributed by atoms with E-state index < -0.39 is 17.9 Å². The van der Waals surface area contributed by atoms with Gasteiger partial charge in [0.2, 0.25) is 0 Å². The lowest BCUT2D eigenvalue weighted by molar-refractivity contribution is -0.275. The maximum Gasteiger partial charge on any atom is 0.573 e. The predicted octanol–water partition coefficient (Wildman–Crippen LogP) is 8.09. The van der Waals surface area contributed by atoms with Gasteiger partial charge in [-0.3, -0.25) is 0 Å². The average Bonchev–Trinajstić information content (AvgIpc) is 3.08. The molecule has 31 heavy (non-hydrogen) atoms. The van der Waals surface area contributed by atoms with E-state index in [1.54, 1.807) is 0 Å². The standard InChI is InChI=1S/C26H24F4O/c1-2-3-4-5-6-17-7-10-22-20(13-17)15-21-14-18(8-11-23(21)22)19-9-12-25(24(27)16-19)31-26(28,29)30/h7-14,16H,2-6,15H2,1H3. The molecule has 0 spiro atoms. The number of unbranched alkanes of at least 4 members (excludes halogenated alkanes) is 3. The minimum absolute atomic E-state index is 0.516. The summed E-state index contributed by atoms with van der Waals surface area (Å²) < 4.78 is 54.9. The number of hydrogen-bond acceptors (Lipinski definition) is 1. The van der Waals surface area contributed by atoms with Crippen LogP contribution in [0.3, 0.4) is 0 Å². The van der Waals surface area contributed by atoms with Crippen LogP contribution in [0.2, 0.25) is 0 Å². The molecule has 0 fully saturated rings. The van der Waals surface area contributed by atoms with E-state index in [4.69, 9.17) is 0 Å². The summed E-state index contributed by atoms with van der Waals surface area (Å²) in [6.07, 6.45) is 1.91. The van der Waals surface area contributed by atoms with Gasteiger partial charge >= 0.3 is 6.36 Å². The molecule has 0 saturated carbocycles. The van der Waals surface area contributed by atoms with Crippen molar-refractivity contribution < 1.29 is 22.3 Å². The third-order valence-corrected chi connectivity index (χ3v) is 5.76. The fourth-order valence-electron chi connectivity index (χ4n) is 4.24. The van der Waals surface area contributed by atoms with Crippen LogP contribution in [0.4, 0.5) is 17.6 Å². The molecule has 5 heteroatoms. The summed E-state index contributed by atoms with van der Waals surface area (Å²) >= 11 is 0. The Labute approximate surface area is 179 Å². The van der Waals surface area contributed by atoms with Gasteiger partial charge in [0.05, 0.1) is 0 Å². The van der Waals surface area contributed by atoms with E-state index in [0.717, 1.165) is 41.7 Å². The second kappa shape index (κ2) is 8.74. The predicted molar refractivity (Wildman–Crippen MR) is 115 cm³/mol. The fourth-order valence-corrected chi connectivity index (χ4v) is 4.24. The Hall–Kier alpha value is -2.82. The lowest BCUT2D eigenvalue weighted by Crippen LogP contribution is -2.17. The van der Waals surface area contributed by atoms with Crippen molar-refractivity contribution in [1.82, 2.24) is 0 Å². The average molecular weight is 428 g/mol. The van der Waals surface area contributed by atoms with Crippen molar-refractivity contribution in [3.63, 3.8) is 0 Å². The summed E-state index contributed by atoms with van der Waals surface area (Å²) in [5.41, 5.74) is 7.45. The molecule has 162 valence electrons. The van der Waals surface area contributed by atoms with Crippen molar-refractivity contribution in [3.8, 4) is 28.0 Å². The molecule has 4 rings (SSSR count). The smallest absolute Gasteiger partial charge is 0.403 e. The normalized spacial score (nSPS) is 12.5. The third kappa shape index (κ3) is 4.92. The molecule has 0 saturated heterocycles. The molecule has 3 aromatic rings. The first kappa shape index (κ1) is 21.4. The Morgan fingerprint density at radius 1 is 0.806 bits per heavy atom. The van der Waals surface area contributed by atoms with Gasteiger partial charge < -0.3 is 4.74 Å². The highest BCUT2D eigenvalue weighted by Gasteiger charge is 2.32. The number of rotatable bonds is 7. The summed E-state index contributed by atoms with van der Waals surface area (Å²) in [4.78, 5) is 0. The minimum Gasteiger partial charge on any atom is -0.403 e. The molecule has 1 aliphatic carbocycles. The van der Waals surface area contributed by atoms with E-state index in [9.17, 15) is 17.6 Å². The number of halogens is 4. The van der Waals surface area contributed by atoms with Gasteiger partial charge in [0.15, 0.2) is 11.6 Å². The number of alkyl halides is 3. The molecule has 0 amide bonds. The summed E-state index contributed by atoms with van der Waals surface area (Å²) in [5.74, 6) is -1.86. The van der Waals surface area contributed by atoms with Crippen LogP contribution in [-0.2, 0) is 12.8 Å². The second-order valence-corrected chi connectivity index (χ2v) is 8.04. The first-order valence-electron chi connectivity index (χ1n) is 10.6. The van der Waals surface area contributed by atoms with Crippen LogP contribution < -0.4 is 4.74 Å².